The number of hydrogen-bond donors (Lipinski definition) is 1. The van der Waals surface area contributed by atoms with Crippen molar-refractivity contribution in [2.75, 3.05) is 5.75 Å². The fourth-order valence-electron chi connectivity index (χ4n) is 1.31. The van der Waals surface area contributed by atoms with Crippen LogP contribution in [0, 0.1) is 0 Å². The van der Waals surface area contributed by atoms with Crippen LogP contribution < -0.4 is 5.73 Å². The first-order valence-electron chi connectivity index (χ1n) is 5.42. The third kappa shape index (κ3) is 5.06. The molecule has 0 bridgehead atoms. The molecule has 0 aliphatic rings. The zero-order chi connectivity index (χ0) is 12.0. The Kier molecular flexibility index (Phi) is 5.96. The Morgan fingerprint density at radius 1 is 1.44 bits per heavy atom. The van der Waals surface area contributed by atoms with E-state index < -0.39 is 0 Å². The van der Waals surface area contributed by atoms with E-state index in [0.29, 0.717) is 0 Å². The van der Waals surface area contributed by atoms with Crippen molar-refractivity contribution in [3.8, 4) is 0 Å². The lowest BCUT2D eigenvalue weighted by molar-refractivity contribution is 0.726. The van der Waals surface area contributed by atoms with Crippen LogP contribution in [0.1, 0.15) is 19.8 Å². The fraction of sp³-hybridized carbons (Fsp3) is 0.385. The van der Waals surface area contributed by atoms with Crippen LogP contribution in [0.2, 0.25) is 5.02 Å². The molecule has 16 heavy (non-hydrogen) atoms. The van der Waals surface area contributed by atoms with Gasteiger partial charge in [-0.1, -0.05) is 30.7 Å². The first-order chi connectivity index (χ1) is 7.61. The topological polar surface area (TPSA) is 26.0 Å². The zero-order valence-corrected chi connectivity index (χ0v) is 11.2. The predicted molar refractivity (Wildman–Crippen MR) is 74.2 cm³/mol. The second-order valence-electron chi connectivity index (χ2n) is 3.83. The number of halogens is 1. The minimum absolute atomic E-state index is 0.188. The second kappa shape index (κ2) is 7.00. The highest BCUT2D eigenvalue weighted by Crippen LogP contribution is 2.22. The second-order valence-corrected chi connectivity index (χ2v) is 5.36. The maximum Gasteiger partial charge on any atom is 0.0406 e. The Labute approximate surface area is 107 Å². The first-order valence-corrected chi connectivity index (χ1v) is 6.78. The largest absolute Gasteiger partial charge is 0.327 e. The van der Waals surface area contributed by atoms with Crippen molar-refractivity contribution in [2.24, 2.45) is 5.73 Å². The summed E-state index contributed by atoms with van der Waals surface area (Å²) >= 11 is 7.58. The van der Waals surface area contributed by atoms with Gasteiger partial charge < -0.3 is 5.73 Å². The molecule has 88 valence electrons. The van der Waals surface area contributed by atoms with Gasteiger partial charge in [0.15, 0.2) is 0 Å². The lowest BCUT2D eigenvalue weighted by Crippen LogP contribution is -2.23. The Morgan fingerprint density at radius 3 is 2.62 bits per heavy atom. The normalized spacial score (nSPS) is 12.4. The molecule has 0 amide bonds. The standard InChI is InChI=1S/C13H18ClNS/c1-3-10(2)8-12(15)9-16-13-6-4-11(14)5-7-13/h4-7,12H,2-3,8-9,15H2,1H3. The Bertz CT molecular complexity index is 334. The molecule has 0 aliphatic heterocycles. The van der Waals surface area contributed by atoms with E-state index in [2.05, 4.69) is 13.5 Å². The summed E-state index contributed by atoms with van der Waals surface area (Å²) in [4.78, 5) is 1.21. The molecule has 1 unspecified atom stereocenters. The van der Waals surface area contributed by atoms with Gasteiger partial charge in [0.2, 0.25) is 0 Å². The molecule has 2 N–H and O–H groups in total. The summed E-state index contributed by atoms with van der Waals surface area (Å²) in [6.07, 6.45) is 1.93. The van der Waals surface area contributed by atoms with E-state index in [4.69, 9.17) is 17.3 Å². The van der Waals surface area contributed by atoms with Crippen LogP contribution >= 0.6 is 23.4 Å². The van der Waals surface area contributed by atoms with Crippen molar-refractivity contribution in [1.29, 1.82) is 0 Å². The lowest BCUT2D eigenvalue weighted by Gasteiger charge is -2.12. The smallest absolute Gasteiger partial charge is 0.0406 e. The van der Waals surface area contributed by atoms with Crippen LogP contribution in [0.5, 0.6) is 0 Å². The number of benzene rings is 1. The van der Waals surface area contributed by atoms with Gasteiger partial charge >= 0.3 is 0 Å². The summed E-state index contributed by atoms with van der Waals surface area (Å²) in [6, 6.07) is 8.04. The van der Waals surface area contributed by atoms with Crippen molar-refractivity contribution >= 4 is 23.4 Å². The minimum Gasteiger partial charge on any atom is -0.327 e. The van der Waals surface area contributed by atoms with E-state index in [-0.39, 0.29) is 6.04 Å². The predicted octanol–water partition coefficient (Wildman–Crippen LogP) is 4.12. The van der Waals surface area contributed by atoms with Gasteiger partial charge in [-0.05, 0) is 37.1 Å². The minimum atomic E-state index is 0.188. The third-order valence-corrected chi connectivity index (χ3v) is 3.78. The van der Waals surface area contributed by atoms with E-state index in [1.54, 1.807) is 11.8 Å². The van der Waals surface area contributed by atoms with Gasteiger partial charge in [0.05, 0.1) is 0 Å². The monoisotopic (exact) mass is 255 g/mol. The van der Waals surface area contributed by atoms with Gasteiger partial charge in [-0.2, -0.15) is 0 Å². The number of rotatable bonds is 6. The highest BCUT2D eigenvalue weighted by Gasteiger charge is 2.05. The first kappa shape index (κ1) is 13.6. The molecule has 0 fully saturated rings. The number of thioether (sulfide) groups is 1. The van der Waals surface area contributed by atoms with Gasteiger partial charge in [0.1, 0.15) is 0 Å². The quantitative estimate of drug-likeness (QED) is 0.611. The molecule has 1 aromatic rings. The molecule has 1 aromatic carbocycles. The average molecular weight is 256 g/mol. The van der Waals surface area contributed by atoms with Crippen LogP contribution in [0.25, 0.3) is 0 Å². The van der Waals surface area contributed by atoms with Gasteiger partial charge in [0, 0.05) is 21.7 Å². The SMILES string of the molecule is C=C(CC)CC(N)CSc1ccc(Cl)cc1. The summed E-state index contributed by atoms with van der Waals surface area (Å²) in [5.41, 5.74) is 7.25. The molecule has 0 saturated heterocycles. The molecule has 3 heteroatoms. The number of hydrogen-bond acceptors (Lipinski definition) is 2. The van der Waals surface area contributed by atoms with E-state index in [1.165, 1.54) is 10.5 Å². The highest BCUT2D eigenvalue weighted by molar-refractivity contribution is 7.99. The molecule has 1 nitrogen and oxygen atoms in total. The van der Waals surface area contributed by atoms with Gasteiger partial charge in [-0.15, -0.1) is 11.8 Å². The zero-order valence-electron chi connectivity index (χ0n) is 9.58. The summed E-state index contributed by atoms with van der Waals surface area (Å²) in [5.74, 6) is 0.917. The maximum atomic E-state index is 6.02. The van der Waals surface area contributed by atoms with Crippen LogP contribution in [0.3, 0.4) is 0 Å². The Morgan fingerprint density at radius 2 is 2.06 bits per heavy atom. The fourth-order valence-corrected chi connectivity index (χ4v) is 2.29. The lowest BCUT2D eigenvalue weighted by atomic mass is 10.1. The molecule has 1 atom stereocenters. The van der Waals surface area contributed by atoms with Gasteiger partial charge in [-0.3, -0.25) is 0 Å². The van der Waals surface area contributed by atoms with Crippen LogP contribution in [-0.2, 0) is 0 Å². The van der Waals surface area contributed by atoms with Crippen LogP contribution in [0.15, 0.2) is 41.3 Å². The molecule has 0 aromatic heterocycles. The van der Waals surface area contributed by atoms with Gasteiger partial charge in [-0.25, -0.2) is 0 Å². The summed E-state index contributed by atoms with van der Waals surface area (Å²) in [7, 11) is 0. The van der Waals surface area contributed by atoms with Gasteiger partial charge in [0.25, 0.3) is 0 Å². The van der Waals surface area contributed by atoms with E-state index in [0.717, 1.165) is 23.6 Å². The molecule has 0 radical (unpaired) electrons. The molecule has 0 heterocycles. The average Bonchev–Trinajstić information content (AvgIpc) is 2.28. The molecule has 0 aliphatic carbocycles. The van der Waals surface area contributed by atoms with Crippen molar-refractivity contribution in [2.45, 2.75) is 30.7 Å². The highest BCUT2D eigenvalue weighted by atomic mass is 35.5. The summed E-state index contributed by atoms with van der Waals surface area (Å²) in [5, 5.41) is 0.771. The van der Waals surface area contributed by atoms with Crippen LogP contribution in [0.4, 0.5) is 0 Å². The van der Waals surface area contributed by atoms with Crippen LogP contribution in [-0.4, -0.2) is 11.8 Å². The summed E-state index contributed by atoms with van der Waals surface area (Å²) in [6.45, 7) is 6.09. The summed E-state index contributed by atoms with van der Waals surface area (Å²) < 4.78 is 0. The number of nitrogens with two attached hydrogens (primary N) is 1. The third-order valence-electron chi connectivity index (χ3n) is 2.33. The van der Waals surface area contributed by atoms with E-state index in [9.17, 15) is 0 Å². The van der Waals surface area contributed by atoms with E-state index in [1.807, 2.05) is 24.3 Å². The molecular weight excluding hydrogens is 238 g/mol. The van der Waals surface area contributed by atoms with Crippen molar-refractivity contribution in [3.63, 3.8) is 0 Å². The Hall–Kier alpha value is -0.440. The van der Waals surface area contributed by atoms with Crippen molar-refractivity contribution in [3.05, 3.63) is 41.4 Å². The molecule has 0 spiro atoms. The van der Waals surface area contributed by atoms with Crippen molar-refractivity contribution < 1.29 is 0 Å². The molecular formula is C13H18ClNS. The molecule has 1 rings (SSSR count). The Balaban J connectivity index is 2.34. The molecule has 0 saturated carbocycles. The van der Waals surface area contributed by atoms with Crippen molar-refractivity contribution in [1.82, 2.24) is 0 Å². The van der Waals surface area contributed by atoms with E-state index >= 15 is 0 Å². The maximum absolute atomic E-state index is 6.02.